The van der Waals surface area contributed by atoms with E-state index in [9.17, 15) is 4.79 Å². The molecule has 0 bridgehead atoms. The van der Waals surface area contributed by atoms with Gasteiger partial charge in [-0.15, -0.1) is 0 Å². The van der Waals surface area contributed by atoms with Gasteiger partial charge >= 0.3 is 5.97 Å². The number of carboxylic acid groups (broad SMARTS) is 1. The molecule has 100 valence electrons. The van der Waals surface area contributed by atoms with Crippen LogP contribution in [-0.4, -0.2) is 32.1 Å². The maximum absolute atomic E-state index is 11.1. The Morgan fingerprint density at radius 1 is 1.58 bits per heavy atom. The van der Waals surface area contributed by atoms with Crippen LogP contribution in [0.25, 0.3) is 11.0 Å². The van der Waals surface area contributed by atoms with Gasteiger partial charge in [0.25, 0.3) is 0 Å². The molecule has 0 aliphatic carbocycles. The molecule has 1 atom stereocenters. The molecule has 1 N–H and O–H groups in total. The monoisotopic (exact) mass is 276 g/mol. The van der Waals surface area contributed by atoms with Crippen LogP contribution in [0.5, 0.6) is 0 Å². The van der Waals surface area contributed by atoms with E-state index in [1.54, 1.807) is 18.2 Å². The largest absolute Gasteiger partial charge is 0.478 e. The van der Waals surface area contributed by atoms with Crippen molar-refractivity contribution in [3.05, 3.63) is 29.6 Å². The number of imidazole rings is 1. The molecule has 0 radical (unpaired) electrons. The summed E-state index contributed by atoms with van der Waals surface area (Å²) in [7, 11) is 0. The van der Waals surface area contributed by atoms with Crippen molar-refractivity contribution >= 4 is 28.8 Å². The van der Waals surface area contributed by atoms with Crippen molar-refractivity contribution in [3.63, 3.8) is 0 Å². The normalized spacial score (nSPS) is 19.1. The molecule has 1 fully saturated rings. The molecule has 2 heterocycles. The van der Waals surface area contributed by atoms with Crippen molar-refractivity contribution in [2.24, 2.45) is 5.92 Å². The zero-order valence-corrected chi connectivity index (χ0v) is 11.6. The van der Waals surface area contributed by atoms with Gasteiger partial charge < -0.3 is 9.67 Å². The van der Waals surface area contributed by atoms with Gasteiger partial charge in [-0.2, -0.15) is 11.8 Å². The van der Waals surface area contributed by atoms with E-state index >= 15 is 0 Å². The molecule has 0 spiro atoms. The highest BCUT2D eigenvalue weighted by Crippen LogP contribution is 2.27. The van der Waals surface area contributed by atoms with Gasteiger partial charge in [0.1, 0.15) is 5.82 Å². The number of fused-ring (bicyclic) bond motifs is 1. The molecule has 1 aliphatic rings. The number of hydrogen-bond acceptors (Lipinski definition) is 3. The molecule has 19 heavy (non-hydrogen) atoms. The van der Waals surface area contributed by atoms with Crippen LogP contribution in [0.2, 0.25) is 0 Å². The molecule has 1 aromatic heterocycles. The maximum atomic E-state index is 11.1. The Morgan fingerprint density at radius 3 is 3.11 bits per heavy atom. The SMILES string of the molecule is Cc1nc2ccc(C(=O)O)cc2n1CC1CCSC1. The van der Waals surface area contributed by atoms with Crippen LogP contribution in [0.15, 0.2) is 18.2 Å². The van der Waals surface area contributed by atoms with E-state index in [-0.39, 0.29) is 0 Å². The smallest absolute Gasteiger partial charge is 0.335 e. The van der Waals surface area contributed by atoms with Crippen molar-refractivity contribution in [3.8, 4) is 0 Å². The molecule has 3 rings (SSSR count). The molecule has 2 aromatic rings. The summed E-state index contributed by atoms with van der Waals surface area (Å²) >= 11 is 2.00. The Morgan fingerprint density at radius 2 is 2.42 bits per heavy atom. The first kappa shape index (κ1) is 12.5. The number of aryl methyl sites for hydroxylation is 1. The average molecular weight is 276 g/mol. The lowest BCUT2D eigenvalue weighted by atomic mass is 10.1. The van der Waals surface area contributed by atoms with Gasteiger partial charge in [0.15, 0.2) is 0 Å². The molecule has 0 amide bonds. The first-order valence-electron chi connectivity index (χ1n) is 6.43. The van der Waals surface area contributed by atoms with Gasteiger partial charge in [-0.05, 0) is 49.0 Å². The number of aromatic carboxylic acids is 1. The summed E-state index contributed by atoms with van der Waals surface area (Å²) in [6.45, 7) is 2.93. The Balaban J connectivity index is 2.03. The number of rotatable bonds is 3. The lowest BCUT2D eigenvalue weighted by Crippen LogP contribution is -2.11. The zero-order valence-electron chi connectivity index (χ0n) is 10.8. The van der Waals surface area contributed by atoms with Crippen LogP contribution in [-0.2, 0) is 6.54 Å². The van der Waals surface area contributed by atoms with E-state index < -0.39 is 5.97 Å². The molecule has 4 nitrogen and oxygen atoms in total. The molecule has 1 unspecified atom stereocenters. The van der Waals surface area contributed by atoms with E-state index in [2.05, 4.69) is 9.55 Å². The number of carbonyl (C=O) groups is 1. The Labute approximate surface area is 115 Å². The van der Waals surface area contributed by atoms with Crippen molar-refractivity contribution in [1.82, 2.24) is 9.55 Å². The number of benzene rings is 1. The summed E-state index contributed by atoms with van der Waals surface area (Å²) < 4.78 is 2.16. The molecule has 1 aromatic carbocycles. The number of nitrogens with zero attached hydrogens (tertiary/aromatic N) is 2. The maximum Gasteiger partial charge on any atom is 0.335 e. The fourth-order valence-corrected chi connectivity index (χ4v) is 3.86. The van der Waals surface area contributed by atoms with Gasteiger partial charge in [0.2, 0.25) is 0 Å². The van der Waals surface area contributed by atoms with Gasteiger partial charge in [-0.1, -0.05) is 0 Å². The average Bonchev–Trinajstić information content (AvgIpc) is 2.98. The standard InChI is InChI=1S/C14H16N2O2S/c1-9-15-12-3-2-11(14(17)18)6-13(12)16(9)7-10-4-5-19-8-10/h2-3,6,10H,4-5,7-8H2,1H3,(H,17,18). The highest BCUT2D eigenvalue weighted by atomic mass is 32.2. The van der Waals surface area contributed by atoms with Crippen LogP contribution >= 0.6 is 11.8 Å². The lowest BCUT2D eigenvalue weighted by Gasteiger charge is -2.12. The van der Waals surface area contributed by atoms with Crippen LogP contribution in [0.4, 0.5) is 0 Å². The molecule has 0 saturated carbocycles. The summed E-state index contributed by atoms with van der Waals surface area (Å²) in [6.07, 6.45) is 1.24. The second-order valence-electron chi connectivity index (χ2n) is 5.01. The highest BCUT2D eigenvalue weighted by Gasteiger charge is 2.19. The fourth-order valence-electron chi connectivity index (χ4n) is 2.59. The summed E-state index contributed by atoms with van der Waals surface area (Å²) in [5.41, 5.74) is 2.15. The molecule has 1 aliphatic heterocycles. The third kappa shape index (κ3) is 2.34. The van der Waals surface area contributed by atoms with Crippen molar-refractivity contribution in [2.45, 2.75) is 19.9 Å². The minimum atomic E-state index is -0.885. The third-order valence-electron chi connectivity index (χ3n) is 3.65. The third-order valence-corrected chi connectivity index (χ3v) is 4.88. The zero-order chi connectivity index (χ0) is 13.4. The number of aromatic nitrogens is 2. The van der Waals surface area contributed by atoms with Crippen molar-refractivity contribution in [2.75, 3.05) is 11.5 Å². The second-order valence-corrected chi connectivity index (χ2v) is 6.16. The topological polar surface area (TPSA) is 55.1 Å². The molecular weight excluding hydrogens is 260 g/mol. The predicted octanol–water partition coefficient (Wildman–Crippen LogP) is 2.80. The minimum absolute atomic E-state index is 0.328. The predicted molar refractivity (Wildman–Crippen MR) is 76.9 cm³/mol. The minimum Gasteiger partial charge on any atom is -0.478 e. The summed E-state index contributed by atoms with van der Waals surface area (Å²) in [4.78, 5) is 15.6. The quantitative estimate of drug-likeness (QED) is 0.936. The van der Waals surface area contributed by atoms with E-state index in [1.165, 1.54) is 17.9 Å². The van der Waals surface area contributed by atoms with E-state index in [0.717, 1.165) is 23.4 Å². The van der Waals surface area contributed by atoms with Crippen molar-refractivity contribution < 1.29 is 9.90 Å². The van der Waals surface area contributed by atoms with Gasteiger partial charge in [-0.3, -0.25) is 0 Å². The van der Waals surface area contributed by atoms with E-state index in [0.29, 0.717) is 11.5 Å². The Bertz CT molecular complexity index is 630. The number of hydrogen-bond donors (Lipinski definition) is 1. The Kier molecular flexibility index (Phi) is 3.22. The number of carboxylic acids is 1. The van der Waals surface area contributed by atoms with Gasteiger partial charge in [-0.25, -0.2) is 9.78 Å². The molecular formula is C14H16N2O2S. The molecule has 1 saturated heterocycles. The highest BCUT2D eigenvalue weighted by molar-refractivity contribution is 7.99. The van der Waals surface area contributed by atoms with Gasteiger partial charge in [0, 0.05) is 6.54 Å². The van der Waals surface area contributed by atoms with Crippen LogP contribution < -0.4 is 0 Å². The first-order valence-corrected chi connectivity index (χ1v) is 7.58. The van der Waals surface area contributed by atoms with E-state index in [4.69, 9.17) is 5.11 Å². The lowest BCUT2D eigenvalue weighted by molar-refractivity contribution is 0.0697. The van der Waals surface area contributed by atoms with Gasteiger partial charge in [0.05, 0.1) is 16.6 Å². The first-order chi connectivity index (χ1) is 9.15. The fraction of sp³-hybridized carbons (Fsp3) is 0.429. The summed E-state index contributed by atoms with van der Waals surface area (Å²) in [5, 5.41) is 9.09. The summed E-state index contributed by atoms with van der Waals surface area (Å²) in [6, 6.07) is 5.15. The summed E-state index contributed by atoms with van der Waals surface area (Å²) in [5.74, 6) is 3.18. The number of thioether (sulfide) groups is 1. The van der Waals surface area contributed by atoms with E-state index in [1.807, 2.05) is 18.7 Å². The Hall–Kier alpha value is -1.49. The van der Waals surface area contributed by atoms with Crippen LogP contribution in [0.3, 0.4) is 0 Å². The molecule has 5 heteroatoms. The van der Waals surface area contributed by atoms with Crippen molar-refractivity contribution in [1.29, 1.82) is 0 Å². The second kappa shape index (κ2) is 4.89. The van der Waals surface area contributed by atoms with Crippen LogP contribution in [0, 0.1) is 12.8 Å². The van der Waals surface area contributed by atoms with Crippen LogP contribution in [0.1, 0.15) is 22.6 Å².